The van der Waals surface area contributed by atoms with Gasteiger partial charge in [-0.3, -0.25) is 9.59 Å². The standard InChI is InChI=1S/C18H25FN2O2/c1-2-4-17(22)20-12-15-5-3-10-21(13-15)18(23)11-14-6-8-16(19)9-7-14/h6-9,15H,2-5,10-13H2,1H3,(H,20,22)/t15-/m0/s1. The summed E-state index contributed by atoms with van der Waals surface area (Å²) in [7, 11) is 0. The van der Waals surface area contributed by atoms with Crippen LogP contribution in [0.15, 0.2) is 24.3 Å². The largest absolute Gasteiger partial charge is 0.356 e. The van der Waals surface area contributed by atoms with Crippen molar-refractivity contribution in [2.24, 2.45) is 5.92 Å². The summed E-state index contributed by atoms with van der Waals surface area (Å²) in [5, 5.41) is 2.95. The van der Waals surface area contributed by atoms with Gasteiger partial charge in [0.25, 0.3) is 0 Å². The van der Waals surface area contributed by atoms with Gasteiger partial charge in [0.2, 0.25) is 11.8 Å². The Morgan fingerprint density at radius 2 is 2.04 bits per heavy atom. The third-order valence-corrected chi connectivity index (χ3v) is 4.21. The van der Waals surface area contributed by atoms with Gasteiger partial charge in [0.1, 0.15) is 5.82 Å². The first-order valence-electron chi connectivity index (χ1n) is 8.37. The first-order valence-corrected chi connectivity index (χ1v) is 8.37. The van der Waals surface area contributed by atoms with Crippen molar-refractivity contribution in [3.05, 3.63) is 35.6 Å². The zero-order chi connectivity index (χ0) is 16.7. The van der Waals surface area contributed by atoms with Gasteiger partial charge in [-0.2, -0.15) is 0 Å². The van der Waals surface area contributed by atoms with Gasteiger partial charge < -0.3 is 10.2 Å². The zero-order valence-electron chi connectivity index (χ0n) is 13.7. The Kier molecular flexibility index (Phi) is 6.56. The third-order valence-electron chi connectivity index (χ3n) is 4.21. The van der Waals surface area contributed by atoms with Crippen molar-refractivity contribution in [1.82, 2.24) is 10.2 Å². The second-order valence-electron chi connectivity index (χ2n) is 6.21. The van der Waals surface area contributed by atoms with Crippen molar-refractivity contribution in [1.29, 1.82) is 0 Å². The highest BCUT2D eigenvalue weighted by atomic mass is 19.1. The molecule has 1 aliphatic heterocycles. The van der Waals surface area contributed by atoms with E-state index in [1.165, 1.54) is 12.1 Å². The van der Waals surface area contributed by atoms with Crippen molar-refractivity contribution in [2.75, 3.05) is 19.6 Å². The van der Waals surface area contributed by atoms with Crippen molar-refractivity contribution in [3.8, 4) is 0 Å². The average molecular weight is 320 g/mol. The molecule has 2 rings (SSSR count). The molecule has 1 aromatic rings. The third kappa shape index (κ3) is 5.66. The lowest BCUT2D eigenvalue weighted by atomic mass is 9.97. The molecule has 4 nitrogen and oxygen atoms in total. The fourth-order valence-electron chi connectivity index (χ4n) is 2.92. The number of nitrogens with one attached hydrogen (secondary N) is 1. The number of halogens is 1. The summed E-state index contributed by atoms with van der Waals surface area (Å²) in [5.74, 6) is 0.187. The second kappa shape index (κ2) is 8.65. The molecule has 1 saturated heterocycles. The predicted molar refractivity (Wildman–Crippen MR) is 87.3 cm³/mol. The normalized spacial score (nSPS) is 17.8. The van der Waals surface area contributed by atoms with E-state index in [0.717, 1.165) is 31.4 Å². The van der Waals surface area contributed by atoms with Crippen LogP contribution in [-0.2, 0) is 16.0 Å². The number of carbonyl (C=O) groups is 2. The van der Waals surface area contributed by atoms with Crippen molar-refractivity contribution in [2.45, 2.75) is 39.0 Å². The van der Waals surface area contributed by atoms with Gasteiger partial charge in [-0.05, 0) is 42.9 Å². The van der Waals surface area contributed by atoms with Crippen LogP contribution in [0.3, 0.4) is 0 Å². The quantitative estimate of drug-likeness (QED) is 0.875. The maximum absolute atomic E-state index is 12.9. The molecule has 2 amide bonds. The fraction of sp³-hybridized carbons (Fsp3) is 0.556. The lowest BCUT2D eigenvalue weighted by molar-refractivity contribution is -0.132. The van der Waals surface area contributed by atoms with E-state index >= 15 is 0 Å². The van der Waals surface area contributed by atoms with Crippen molar-refractivity contribution in [3.63, 3.8) is 0 Å². The molecule has 0 aromatic heterocycles. The molecular formula is C18H25FN2O2. The highest BCUT2D eigenvalue weighted by Crippen LogP contribution is 2.17. The first-order chi connectivity index (χ1) is 11.1. The van der Waals surface area contributed by atoms with Gasteiger partial charge in [0.05, 0.1) is 6.42 Å². The summed E-state index contributed by atoms with van der Waals surface area (Å²) >= 11 is 0. The fourth-order valence-corrected chi connectivity index (χ4v) is 2.92. The van der Waals surface area contributed by atoms with Gasteiger partial charge in [0, 0.05) is 26.1 Å². The zero-order valence-corrected chi connectivity index (χ0v) is 13.7. The predicted octanol–water partition coefficient (Wildman–Crippen LogP) is 2.52. The number of amides is 2. The highest BCUT2D eigenvalue weighted by Gasteiger charge is 2.23. The van der Waals surface area contributed by atoms with Crippen LogP contribution in [0.5, 0.6) is 0 Å². The molecule has 1 atom stereocenters. The van der Waals surface area contributed by atoms with E-state index in [1.807, 2.05) is 11.8 Å². The molecule has 1 aliphatic rings. The number of benzene rings is 1. The molecule has 0 spiro atoms. The van der Waals surface area contributed by atoms with E-state index in [2.05, 4.69) is 5.32 Å². The molecule has 1 heterocycles. The number of carbonyl (C=O) groups excluding carboxylic acids is 2. The maximum atomic E-state index is 12.9. The van der Waals surface area contributed by atoms with Crippen LogP contribution in [0.4, 0.5) is 4.39 Å². The average Bonchev–Trinajstić information content (AvgIpc) is 2.55. The monoisotopic (exact) mass is 320 g/mol. The van der Waals surface area contributed by atoms with E-state index < -0.39 is 0 Å². The number of nitrogens with zero attached hydrogens (tertiary/aromatic N) is 1. The van der Waals surface area contributed by atoms with Crippen LogP contribution < -0.4 is 5.32 Å². The molecule has 126 valence electrons. The molecule has 1 aromatic carbocycles. The minimum Gasteiger partial charge on any atom is -0.356 e. The second-order valence-corrected chi connectivity index (χ2v) is 6.21. The van der Waals surface area contributed by atoms with E-state index in [-0.39, 0.29) is 17.6 Å². The van der Waals surface area contributed by atoms with Gasteiger partial charge >= 0.3 is 0 Å². The van der Waals surface area contributed by atoms with Crippen LogP contribution in [0, 0.1) is 11.7 Å². The van der Waals surface area contributed by atoms with Crippen molar-refractivity contribution >= 4 is 11.8 Å². The number of rotatable bonds is 6. The SMILES string of the molecule is CCCC(=O)NC[C@@H]1CCCN(C(=O)Cc2ccc(F)cc2)C1. The van der Waals surface area contributed by atoms with E-state index in [4.69, 9.17) is 0 Å². The molecule has 1 fully saturated rings. The van der Waals surface area contributed by atoms with Crippen LogP contribution in [0.1, 0.15) is 38.2 Å². The Morgan fingerprint density at radius 3 is 2.74 bits per heavy atom. The molecule has 0 aliphatic carbocycles. The van der Waals surface area contributed by atoms with E-state index in [0.29, 0.717) is 31.8 Å². The van der Waals surface area contributed by atoms with Gasteiger partial charge in [-0.25, -0.2) is 4.39 Å². The van der Waals surface area contributed by atoms with Crippen molar-refractivity contribution < 1.29 is 14.0 Å². The summed E-state index contributed by atoms with van der Waals surface area (Å²) in [5.41, 5.74) is 0.828. The number of likely N-dealkylation sites (tertiary alicyclic amines) is 1. The summed E-state index contributed by atoms with van der Waals surface area (Å²) in [6, 6.07) is 6.06. The van der Waals surface area contributed by atoms with Crippen LogP contribution in [0.25, 0.3) is 0 Å². The smallest absolute Gasteiger partial charge is 0.226 e. The molecular weight excluding hydrogens is 295 g/mol. The Hall–Kier alpha value is -1.91. The number of hydrogen-bond acceptors (Lipinski definition) is 2. The molecule has 0 bridgehead atoms. The molecule has 0 saturated carbocycles. The molecule has 23 heavy (non-hydrogen) atoms. The van der Waals surface area contributed by atoms with Crippen LogP contribution in [0.2, 0.25) is 0 Å². The minimum absolute atomic E-state index is 0.0705. The summed E-state index contributed by atoms with van der Waals surface area (Å²) in [6.45, 7) is 4.07. The molecule has 0 radical (unpaired) electrons. The lowest BCUT2D eigenvalue weighted by Crippen LogP contribution is -2.44. The minimum atomic E-state index is -0.290. The van der Waals surface area contributed by atoms with Crippen LogP contribution >= 0.6 is 0 Å². The Labute approximate surface area is 137 Å². The highest BCUT2D eigenvalue weighted by molar-refractivity contribution is 5.79. The first kappa shape index (κ1) is 17.4. The van der Waals surface area contributed by atoms with Gasteiger partial charge in [-0.1, -0.05) is 19.1 Å². The van der Waals surface area contributed by atoms with Gasteiger partial charge in [-0.15, -0.1) is 0 Å². The Morgan fingerprint density at radius 1 is 1.30 bits per heavy atom. The molecule has 1 N–H and O–H groups in total. The number of hydrogen-bond donors (Lipinski definition) is 1. The molecule has 0 unspecified atom stereocenters. The van der Waals surface area contributed by atoms with Crippen LogP contribution in [-0.4, -0.2) is 36.3 Å². The number of piperidine rings is 1. The Bertz CT molecular complexity index is 530. The summed E-state index contributed by atoms with van der Waals surface area (Å²) in [6.07, 6.45) is 3.70. The lowest BCUT2D eigenvalue weighted by Gasteiger charge is -2.33. The van der Waals surface area contributed by atoms with E-state index in [9.17, 15) is 14.0 Å². The topological polar surface area (TPSA) is 49.4 Å². The molecule has 5 heteroatoms. The van der Waals surface area contributed by atoms with E-state index in [1.54, 1.807) is 12.1 Å². The maximum Gasteiger partial charge on any atom is 0.226 e. The summed E-state index contributed by atoms with van der Waals surface area (Å²) < 4.78 is 12.9. The Balaban J connectivity index is 1.81. The summed E-state index contributed by atoms with van der Waals surface area (Å²) in [4.78, 5) is 25.8. The van der Waals surface area contributed by atoms with Gasteiger partial charge in [0.15, 0.2) is 0 Å².